The normalized spacial score (nSPS) is 22.8. The van der Waals surface area contributed by atoms with Crippen LogP contribution in [0, 0.1) is 0 Å². The third kappa shape index (κ3) is 7.39. The molecule has 4 nitrogen and oxygen atoms in total. The number of thioether (sulfide) groups is 1. The van der Waals surface area contributed by atoms with Crippen molar-refractivity contribution in [2.24, 2.45) is 0 Å². The molecule has 5 heteroatoms. The lowest BCUT2D eigenvalue weighted by Crippen LogP contribution is -2.48. The van der Waals surface area contributed by atoms with Gasteiger partial charge in [-0.3, -0.25) is 0 Å². The molecular formula is C15H30N2O2S. The van der Waals surface area contributed by atoms with Crippen LogP contribution in [-0.4, -0.2) is 42.3 Å². The molecule has 0 bridgehead atoms. The maximum absolute atomic E-state index is 11.8. The van der Waals surface area contributed by atoms with E-state index in [0.29, 0.717) is 6.04 Å². The maximum Gasteiger partial charge on any atom is 0.407 e. The Morgan fingerprint density at radius 3 is 2.60 bits per heavy atom. The largest absolute Gasteiger partial charge is 0.444 e. The van der Waals surface area contributed by atoms with Gasteiger partial charge in [0.1, 0.15) is 5.60 Å². The Hall–Kier alpha value is -0.420. The molecule has 1 amide bonds. The molecular weight excluding hydrogens is 272 g/mol. The molecule has 0 aromatic rings. The molecule has 2 unspecified atom stereocenters. The first kappa shape index (κ1) is 17.6. The second-order valence-electron chi connectivity index (χ2n) is 6.44. The van der Waals surface area contributed by atoms with Gasteiger partial charge in [-0.25, -0.2) is 4.79 Å². The zero-order valence-electron chi connectivity index (χ0n) is 13.3. The summed E-state index contributed by atoms with van der Waals surface area (Å²) in [5.74, 6) is 1.23. The highest BCUT2D eigenvalue weighted by Crippen LogP contribution is 2.20. The Kier molecular flexibility index (Phi) is 7.74. The van der Waals surface area contributed by atoms with Gasteiger partial charge in [-0.1, -0.05) is 0 Å². The zero-order chi connectivity index (χ0) is 15.0. The molecule has 0 aromatic heterocycles. The van der Waals surface area contributed by atoms with Crippen LogP contribution in [0.4, 0.5) is 4.79 Å². The van der Waals surface area contributed by atoms with Gasteiger partial charge in [0.05, 0.1) is 0 Å². The minimum absolute atomic E-state index is 0.213. The Morgan fingerprint density at radius 2 is 1.95 bits per heavy atom. The predicted octanol–water partition coefficient (Wildman–Crippen LogP) is 3.17. The second-order valence-corrected chi connectivity index (χ2v) is 7.43. The van der Waals surface area contributed by atoms with Crippen LogP contribution >= 0.6 is 11.8 Å². The van der Waals surface area contributed by atoms with E-state index in [0.717, 1.165) is 19.4 Å². The summed E-state index contributed by atoms with van der Waals surface area (Å²) < 4.78 is 5.32. The van der Waals surface area contributed by atoms with Gasteiger partial charge in [-0.15, -0.1) is 0 Å². The first-order valence-electron chi connectivity index (χ1n) is 7.64. The third-order valence-corrected chi connectivity index (χ3v) is 4.10. The second kappa shape index (κ2) is 8.78. The standard InChI is InChI=1S/C15H30N2O2S/c1-15(2,3)19-14(18)17-13-9-7-8-12(13)16-10-5-6-11-20-4/h12-13,16H,5-11H2,1-4H3,(H,17,18). The molecule has 1 saturated carbocycles. The van der Waals surface area contributed by atoms with Crippen molar-refractivity contribution in [2.45, 2.75) is 70.6 Å². The van der Waals surface area contributed by atoms with Crippen molar-refractivity contribution >= 4 is 17.9 Å². The summed E-state index contributed by atoms with van der Waals surface area (Å²) in [7, 11) is 0. The van der Waals surface area contributed by atoms with E-state index in [4.69, 9.17) is 4.74 Å². The lowest BCUT2D eigenvalue weighted by molar-refractivity contribution is 0.0498. The van der Waals surface area contributed by atoms with Crippen molar-refractivity contribution in [1.29, 1.82) is 0 Å². The molecule has 1 rings (SSSR count). The predicted molar refractivity (Wildman–Crippen MR) is 86.4 cm³/mol. The highest BCUT2D eigenvalue weighted by molar-refractivity contribution is 7.98. The van der Waals surface area contributed by atoms with Crippen molar-refractivity contribution in [3.8, 4) is 0 Å². The number of hydrogen-bond acceptors (Lipinski definition) is 4. The number of ether oxygens (including phenoxy) is 1. The fourth-order valence-electron chi connectivity index (χ4n) is 2.49. The third-order valence-electron chi connectivity index (χ3n) is 3.40. The number of unbranched alkanes of at least 4 members (excludes halogenated alkanes) is 1. The molecule has 1 aliphatic carbocycles. The molecule has 20 heavy (non-hydrogen) atoms. The summed E-state index contributed by atoms with van der Waals surface area (Å²) in [5, 5.41) is 6.59. The van der Waals surface area contributed by atoms with Crippen LogP contribution in [0.25, 0.3) is 0 Å². The van der Waals surface area contributed by atoms with Crippen molar-refractivity contribution < 1.29 is 9.53 Å². The van der Waals surface area contributed by atoms with Gasteiger partial charge < -0.3 is 15.4 Å². The molecule has 2 atom stereocenters. The fraction of sp³-hybridized carbons (Fsp3) is 0.933. The summed E-state index contributed by atoms with van der Waals surface area (Å²) in [6.45, 7) is 6.71. The van der Waals surface area contributed by atoms with Crippen molar-refractivity contribution in [2.75, 3.05) is 18.6 Å². The molecule has 0 radical (unpaired) electrons. The molecule has 0 aliphatic heterocycles. The van der Waals surface area contributed by atoms with Gasteiger partial charge in [-0.2, -0.15) is 11.8 Å². The lowest BCUT2D eigenvalue weighted by Gasteiger charge is -2.25. The number of carbonyl (C=O) groups excluding carboxylic acids is 1. The van der Waals surface area contributed by atoms with Crippen LogP contribution in [0.5, 0.6) is 0 Å². The molecule has 0 aromatic carbocycles. The summed E-state index contributed by atoms with van der Waals surface area (Å²) in [4.78, 5) is 11.8. The molecule has 0 saturated heterocycles. The Labute approximate surface area is 127 Å². The average Bonchev–Trinajstić information content (AvgIpc) is 2.74. The molecule has 2 N–H and O–H groups in total. The van der Waals surface area contributed by atoms with Crippen LogP contribution in [0.1, 0.15) is 52.9 Å². The van der Waals surface area contributed by atoms with Crippen molar-refractivity contribution in [1.82, 2.24) is 10.6 Å². The topological polar surface area (TPSA) is 50.4 Å². The Morgan fingerprint density at radius 1 is 1.25 bits per heavy atom. The number of carbonyl (C=O) groups is 1. The van der Waals surface area contributed by atoms with Gasteiger partial charge in [0.25, 0.3) is 0 Å². The van der Waals surface area contributed by atoms with Crippen molar-refractivity contribution in [3.63, 3.8) is 0 Å². The lowest BCUT2D eigenvalue weighted by atomic mass is 10.1. The smallest absolute Gasteiger partial charge is 0.407 e. The number of amides is 1. The van der Waals surface area contributed by atoms with Crippen molar-refractivity contribution in [3.05, 3.63) is 0 Å². The highest BCUT2D eigenvalue weighted by atomic mass is 32.2. The van der Waals surface area contributed by atoms with Gasteiger partial charge in [0.2, 0.25) is 0 Å². The SMILES string of the molecule is CSCCCCNC1CCCC1NC(=O)OC(C)(C)C. The molecule has 1 aliphatic rings. The van der Waals surface area contributed by atoms with E-state index in [9.17, 15) is 4.79 Å². The first-order valence-corrected chi connectivity index (χ1v) is 9.03. The van der Waals surface area contributed by atoms with E-state index >= 15 is 0 Å². The van der Waals surface area contributed by atoms with Gasteiger partial charge in [-0.05, 0) is 71.4 Å². The van der Waals surface area contributed by atoms with Gasteiger partial charge in [0.15, 0.2) is 0 Å². The van der Waals surface area contributed by atoms with Crippen LogP contribution < -0.4 is 10.6 Å². The number of nitrogens with one attached hydrogen (secondary N) is 2. The quantitative estimate of drug-likeness (QED) is 0.709. The minimum atomic E-state index is -0.427. The molecule has 0 heterocycles. The summed E-state index contributed by atoms with van der Waals surface area (Å²) in [6, 6.07) is 0.613. The van der Waals surface area contributed by atoms with E-state index in [1.807, 2.05) is 32.5 Å². The highest BCUT2D eigenvalue weighted by Gasteiger charge is 2.29. The molecule has 0 spiro atoms. The van der Waals surface area contributed by atoms with Crippen LogP contribution in [-0.2, 0) is 4.74 Å². The van der Waals surface area contributed by atoms with E-state index in [2.05, 4.69) is 16.9 Å². The summed E-state index contributed by atoms with van der Waals surface area (Å²) in [6.07, 6.45) is 7.67. The minimum Gasteiger partial charge on any atom is -0.444 e. The molecule has 118 valence electrons. The Bertz CT molecular complexity index is 292. The summed E-state index contributed by atoms with van der Waals surface area (Å²) in [5.41, 5.74) is -0.427. The van der Waals surface area contributed by atoms with Crippen LogP contribution in [0.2, 0.25) is 0 Å². The van der Waals surface area contributed by atoms with E-state index in [1.165, 1.54) is 25.0 Å². The fourth-order valence-corrected chi connectivity index (χ4v) is 2.99. The Balaban J connectivity index is 2.25. The molecule has 1 fully saturated rings. The van der Waals surface area contributed by atoms with Gasteiger partial charge in [0, 0.05) is 12.1 Å². The van der Waals surface area contributed by atoms with Crippen LogP contribution in [0.3, 0.4) is 0 Å². The zero-order valence-corrected chi connectivity index (χ0v) is 14.1. The number of rotatable bonds is 7. The number of hydrogen-bond donors (Lipinski definition) is 2. The summed E-state index contributed by atoms with van der Waals surface area (Å²) >= 11 is 1.90. The van der Waals surface area contributed by atoms with E-state index < -0.39 is 5.60 Å². The monoisotopic (exact) mass is 302 g/mol. The van der Waals surface area contributed by atoms with E-state index in [-0.39, 0.29) is 12.1 Å². The number of alkyl carbamates (subject to hydrolysis) is 1. The average molecular weight is 302 g/mol. The first-order chi connectivity index (χ1) is 9.42. The maximum atomic E-state index is 11.8. The van der Waals surface area contributed by atoms with Gasteiger partial charge >= 0.3 is 6.09 Å². The van der Waals surface area contributed by atoms with Crippen LogP contribution in [0.15, 0.2) is 0 Å². The van der Waals surface area contributed by atoms with E-state index in [1.54, 1.807) is 0 Å².